The van der Waals surface area contributed by atoms with Crippen molar-refractivity contribution in [3.63, 3.8) is 0 Å². The van der Waals surface area contributed by atoms with E-state index in [9.17, 15) is 17.6 Å². The Morgan fingerprint density at radius 1 is 1.25 bits per heavy atom. The lowest BCUT2D eigenvalue weighted by atomic mass is 10.2. The SMILES string of the molecule is CCOc1ccc(CF)c(OC(F)(F)F)c1. The molecular weight excluding hydrogens is 228 g/mol. The molecule has 0 heterocycles. The van der Waals surface area contributed by atoms with Gasteiger partial charge in [0.15, 0.2) is 0 Å². The molecule has 16 heavy (non-hydrogen) atoms. The third-order valence-corrected chi connectivity index (χ3v) is 1.72. The first-order valence-electron chi connectivity index (χ1n) is 4.53. The van der Waals surface area contributed by atoms with E-state index in [0.29, 0.717) is 6.61 Å². The zero-order valence-electron chi connectivity index (χ0n) is 8.47. The van der Waals surface area contributed by atoms with Crippen molar-refractivity contribution in [3.05, 3.63) is 23.8 Å². The first kappa shape index (κ1) is 12.6. The van der Waals surface area contributed by atoms with E-state index in [2.05, 4.69) is 4.74 Å². The predicted octanol–water partition coefficient (Wildman–Crippen LogP) is 3.45. The van der Waals surface area contributed by atoms with E-state index in [1.54, 1.807) is 6.92 Å². The van der Waals surface area contributed by atoms with Crippen LogP contribution < -0.4 is 9.47 Å². The quantitative estimate of drug-likeness (QED) is 0.748. The van der Waals surface area contributed by atoms with Crippen molar-refractivity contribution in [2.24, 2.45) is 0 Å². The lowest BCUT2D eigenvalue weighted by Crippen LogP contribution is -2.18. The van der Waals surface area contributed by atoms with E-state index in [4.69, 9.17) is 4.74 Å². The predicted molar refractivity (Wildman–Crippen MR) is 49.1 cm³/mol. The van der Waals surface area contributed by atoms with Gasteiger partial charge in [0.1, 0.15) is 18.2 Å². The normalized spacial score (nSPS) is 11.3. The van der Waals surface area contributed by atoms with E-state index >= 15 is 0 Å². The van der Waals surface area contributed by atoms with Crippen molar-refractivity contribution >= 4 is 0 Å². The number of benzene rings is 1. The number of rotatable bonds is 4. The van der Waals surface area contributed by atoms with Crippen molar-refractivity contribution in [2.45, 2.75) is 20.0 Å². The molecule has 0 amide bonds. The molecule has 0 aliphatic carbocycles. The Balaban J connectivity index is 2.97. The van der Waals surface area contributed by atoms with Crippen LogP contribution in [0.2, 0.25) is 0 Å². The van der Waals surface area contributed by atoms with Gasteiger partial charge in [-0.2, -0.15) is 0 Å². The van der Waals surface area contributed by atoms with Gasteiger partial charge in [0.2, 0.25) is 0 Å². The maximum atomic E-state index is 12.4. The van der Waals surface area contributed by atoms with Crippen molar-refractivity contribution in [1.82, 2.24) is 0 Å². The molecule has 6 heteroatoms. The summed E-state index contributed by atoms with van der Waals surface area (Å²) in [6, 6.07) is 3.61. The zero-order chi connectivity index (χ0) is 12.2. The van der Waals surface area contributed by atoms with Gasteiger partial charge in [0.25, 0.3) is 0 Å². The number of halogens is 4. The highest BCUT2D eigenvalue weighted by atomic mass is 19.4. The first-order valence-corrected chi connectivity index (χ1v) is 4.53. The van der Waals surface area contributed by atoms with Gasteiger partial charge in [-0.25, -0.2) is 4.39 Å². The summed E-state index contributed by atoms with van der Waals surface area (Å²) in [5.74, 6) is -0.361. The Kier molecular flexibility index (Phi) is 3.98. The third-order valence-electron chi connectivity index (χ3n) is 1.72. The molecule has 0 unspecified atom stereocenters. The monoisotopic (exact) mass is 238 g/mol. The van der Waals surface area contributed by atoms with E-state index in [-0.39, 0.29) is 11.3 Å². The van der Waals surface area contributed by atoms with Crippen molar-refractivity contribution in [3.8, 4) is 11.5 Å². The summed E-state index contributed by atoms with van der Waals surface area (Å²) in [6.07, 6.45) is -4.84. The van der Waals surface area contributed by atoms with Crippen molar-refractivity contribution in [2.75, 3.05) is 6.61 Å². The van der Waals surface area contributed by atoms with Crippen LogP contribution in [0.4, 0.5) is 17.6 Å². The fraction of sp³-hybridized carbons (Fsp3) is 0.400. The molecule has 1 aromatic rings. The Hall–Kier alpha value is -1.46. The standard InChI is InChI=1S/C10H10F4O2/c1-2-15-8-4-3-7(6-11)9(5-8)16-10(12,13)14/h3-5H,2,6H2,1H3. The molecule has 0 spiro atoms. The molecule has 0 N–H and O–H groups in total. The summed E-state index contributed by atoms with van der Waals surface area (Å²) < 4.78 is 57.0. The van der Waals surface area contributed by atoms with Crippen molar-refractivity contribution < 1.29 is 27.0 Å². The van der Waals surface area contributed by atoms with Gasteiger partial charge in [-0.05, 0) is 19.1 Å². The number of hydrogen-bond donors (Lipinski definition) is 0. The van der Waals surface area contributed by atoms with Crippen LogP contribution in [0.25, 0.3) is 0 Å². The Labute approximate surface area is 89.8 Å². The van der Waals surface area contributed by atoms with E-state index in [0.717, 1.165) is 6.07 Å². The molecule has 0 saturated carbocycles. The Morgan fingerprint density at radius 3 is 2.44 bits per heavy atom. The average molecular weight is 238 g/mol. The van der Waals surface area contributed by atoms with Gasteiger partial charge < -0.3 is 9.47 Å². The fourth-order valence-corrected chi connectivity index (χ4v) is 1.12. The molecule has 2 nitrogen and oxygen atoms in total. The average Bonchev–Trinajstić information content (AvgIpc) is 2.16. The van der Waals surface area contributed by atoms with E-state index in [1.807, 2.05) is 0 Å². The number of ether oxygens (including phenoxy) is 2. The molecule has 1 rings (SSSR count). The molecule has 0 saturated heterocycles. The second-order valence-corrected chi connectivity index (χ2v) is 2.88. The van der Waals surface area contributed by atoms with Gasteiger partial charge in [-0.1, -0.05) is 0 Å². The molecule has 90 valence electrons. The molecule has 0 aliphatic heterocycles. The van der Waals surface area contributed by atoms with Crippen LogP contribution in [-0.4, -0.2) is 13.0 Å². The Bertz CT molecular complexity index is 349. The minimum Gasteiger partial charge on any atom is -0.494 e. The summed E-state index contributed by atoms with van der Waals surface area (Å²) in [7, 11) is 0. The van der Waals surface area contributed by atoms with Crippen LogP contribution in [0.15, 0.2) is 18.2 Å². The Morgan fingerprint density at radius 2 is 1.94 bits per heavy atom. The highest BCUT2D eigenvalue weighted by molar-refractivity contribution is 5.40. The summed E-state index contributed by atoms with van der Waals surface area (Å²) >= 11 is 0. The second-order valence-electron chi connectivity index (χ2n) is 2.88. The van der Waals surface area contributed by atoms with Gasteiger partial charge in [0, 0.05) is 11.6 Å². The maximum Gasteiger partial charge on any atom is 0.573 e. The third kappa shape index (κ3) is 3.60. The summed E-state index contributed by atoms with van der Waals surface area (Å²) in [4.78, 5) is 0. The van der Waals surface area contributed by atoms with Crippen LogP contribution >= 0.6 is 0 Å². The zero-order valence-corrected chi connectivity index (χ0v) is 8.47. The highest BCUT2D eigenvalue weighted by Crippen LogP contribution is 2.30. The molecular formula is C10H10F4O2. The van der Waals surface area contributed by atoms with Crippen molar-refractivity contribution in [1.29, 1.82) is 0 Å². The molecule has 0 bridgehead atoms. The second kappa shape index (κ2) is 5.05. The van der Waals surface area contributed by atoms with Gasteiger partial charge in [-0.15, -0.1) is 13.2 Å². The van der Waals surface area contributed by atoms with Gasteiger partial charge >= 0.3 is 6.36 Å². The molecule has 0 aliphatic rings. The largest absolute Gasteiger partial charge is 0.573 e. The molecule has 0 aromatic heterocycles. The van der Waals surface area contributed by atoms with Gasteiger partial charge in [-0.3, -0.25) is 0 Å². The number of hydrogen-bond acceptors (Lipinski definition) is 2. The summed E-state index contributed by atoms with van der Waals surface area (Å²) in [5.41, 5.74) is -0.166. The van der Waals surface area contributed by atoms with E-state index < -0.39 is 18.8 Å². The van der Waals surface area contributed by atoms with E-state index in [1.165, 1.54) is 12.1 Å². The highest BCUT2D eigenvalue weighted by Gasteiger charge is 2.32. The smallest absolute Gasteiger partial charge is 0.494 e. The van der Waals surface area contributed by atoms with Crippen LogP contribution in [0.1, 0.15) is 12.5 Å². The van der Waals surface area contributed by atoms with Gasteiger partial charge in [0.05, 0.1) is 6.61 Å². The first-order chi connectivity index (χ1) is 7.46. The maximum absolute atomic E-state index is 12.4. The number of alkyl halides is 4. The topological polar surface area (TPSA) is 18.5 Å². The van der Waals surface area contributed by atoms with Crippen LogP contribution in [0, 0.1) is 0 Å². The molecule has 1 aromatic carbocycles. The van der Waals surface area contributed by atoms with Crippen LogP contribution in [-0.2, 0) is 6.67 Å². The lowest BCUT2D eigenvalue weighted by Gasteiger charge is -2.13. The minimum atomic E-state index is -4.84. The molecule has 0 radical (unpaired) electrons. The summed E-state index contributed by atoms with van der Waals surface area (Å²) in [6.45, 7) is 0.964. The lowest BCUT2D eigenvalue weighted by molar-refractivity contribution is -0.275. The van der Waals surface area contributed by atoms with Crippen LogP contribution in [0.3, 0.4) is 0 Å². The summed E-state index contributed by atoms with van der Waals surface area (Å²) in [5, 5.41) is 0. The molecule has 0 fully saturated rings. The fourth-order valence-electron chi connectivity index (χ4n) is 1.12. The molecule has 0 atom stereocenters. The van der Waals surface area contributed by atoms with Crippen LogP contribution in [0.5, 0.6) is 11.5 Å². The minimum absolute atomic E-state index is 0.166.